The fraction of sp³-hybridized carbons (Fsp3) is 0.0698. The molecule has 2 nitrogen and oxygen atoms in total. The highest BCUT2D eigenvalue weighted by Gasteiger charge is 2.16. The standard InChI is InChI=1S/C43H36N2Si/c1-46(2,3)40-26-24-32(25-27-40)31-20-22-33(23-21-31)36-16-10-17-37(28-36)38-18-11-19-39(29-38)43-44-41(34-12-6-4-7-13-34)30-42(45-43)35-14-8-5-9-15-35/h4-30H,1-3H3. The molecule has 6 aromatic carbocycles. The molecule has 0 spiro atoms. The number of hydrogen-bond donors (Lipinski definition) is 0. The highest BCUT2D eigenvalue weighted by Crippen LogP contribution is 2.32. The lowest BCUT2D eigenvalue weighted by Crippen LogP contribution is -2.37. The Hall–Kier alpha value is -5.38. The Morgan fingerprint density at radius 2 is 0.696 bits per heavy atom. The van der Waals surface area contributed by atoms with E-state index in [9.17, 15) is 0 Å². The number of aromatic nitrogens is 2. The second-order valence-corrected chi connectivity index (χ2v) is 17.8. The minimum Gasteiger partial charge on any atom is -0.228 e. The van der Waals surface area contributed by atoms with E-state index < -0.39 is 8.07 Å². The van der Waals surface area contributed by atoms with Gasteiger partial charge in [-0.15, -0.1) is 0 Å². The van der Waals surface area contributed by atoms with Gasteiger partial charge in [-0.1, -0.05) is 170 Å². The van der Waals surface area contributed by atoms with Crippen LogP contribution in [0.3, 0.4) is 0 Å². The third kappa shape index (κ3) is 6.37. The molecule has 1 heterocycles. The normalized spacial score (nSPS) is 11.4. The van der Waals surface area contributed by atoms with E-state index in [4.69, 9.17) is 9.97 Å². The van der Waals surface area contributed by atoms with Gasteiger partial charge in [0.25, 0.3) is 0 Å². The Morgan fingerprint density at radius 3 is 1.17 bits per heavy atom. The summed E-state index contributed by atoms with van der Waals surface area (Å²) in [6.07, 6.45) is 0. The largest absolute Gasteiger partial charge is 0.228 e. The fourth-order valence-electron chi connectivity index (χ4n) is 5.82. The van der Waals surface area contributed by atoms with E-state index in [0.717, 1.165) is 39.2 Å². The molecule has 0 amide bonds. The van der Waals surface area contributed by atoms with Crippen LogP contribution >= 0.6 is 0 Å². The zero-order valence-electron chi connectivity index (χ0n) is 26.5. The van der Waals surface area contributed by atoms with E-state index in [1.54, 1.807) is 0 Å². The lowest BCUT2D eigenvalue weighted by atomic mass is 9.96. The second-order valence-electron chi connectivity index (χ2n) is 12.8. The molecule has 0 atom stereocenters. The lowest BCUT2D eigenvalue weighted by Gasteiger charge is -2.16. The molecule has 0 saturated carbocycles. The third-order valence-electron chi connectivity index (χ3n) is 8.48. The Kier molecular flexibility index (Phi) is 8.00. The van der Waals surface area contributed by atoms with E-state index in [-0.39, 0.29) is 0 Å². The Balaban J connectivity index is 1.20. The average molecular weight is 609 g/mol. The van der Waals surface area contributed by atoms with Crippen LogP contribution in [0, 0.1) is 0 Å². The molecular formula is C43H36N2Si. The summed E-state index contributed by atoms with van der Waals surface area (Å²) in [4.78, 5) is 10.1. The summed E-state index contributed by atoms with van der Waals surface area (Å²) in [7, 11) is -1.31. The van der Waals surface area contributed by atoms with Gasteiger partial charge in [-0.2, -0.15) is 0 Å². The minimum absolute atomic E-state index is 0.715. The van der Waals surface area contributed by atoms with Crippen LogP contribution < -0.4 is 5.19 Å². The molecule has 7 rings (SSSR count). The maximum absolute atomic E-state index is 5.04. The van der Waals surface area contributed by atoms with Gasteiger partial charge in [0.05, 0.1) is 19.5 Å². The highest BCUT2D eigenvalue weighted by atomic mass is 28.3. The van der Waals surface area contributed by atoms with Crippen LogP contribution in [0.5, 0.6) is 0 Å². The predicted molar refractivity (Wildman–Crippen MR) is 198 cm³/mol. The molecule has 0 aliphatic carbocycles. The zero-order chi connectivity index (χ0) is 31.5. The minimum atomic E-state index is -1.31. The summed E-state index contributed by atoms with van der Waals surface area (Å²) < 4.78 is 0. The van der Waals surface area contributed by atoms with E-state index in [2.05, 4.69) is 147 Å². The molecule has 0 unspecified atom stereocenters. The molecule has 46 heavy (non-hydrogen) atoms. The highest BCUT2D eigenvalue weighted by molar-refractivity contribution is 6.88. The van der Waals surface area contributed by atoms with Crippen LogP contribution in [-0.4, -0.2) is 18.0 Å². The molecule has 0 bridgehead atoms. The Morgan fingerprint density at radius 1 is 0.326 bits per heavy atom. The van der Waals surface area contributed by atoms with Crippen molar-refractivity contribution in [3.63, 3.8) is 0 Å². The van der Waals surface area contributed by atoms with Crippen LogP contribution in [-0.2, 0) is 0 Å². The molecule has 7 aromatic rings. The van der Waals surface area contributed by atoms with Crippen LogP contribution in [0.2, 0.25) is 19.6 Å². The van der Waals surface area contributed by atoms with Crippen LogP contribution in [0.25, 0.3) is 67.3 Å². The molecule has 222 valence electrons. The summed E-state index contributed by atoms with van der Waals surface area (Å²) in [5.41, 5.74) is 12.1. The summed E-state index contributed by atoms with van der Waals surface area (Å²) in [6.45, 7) is 7.17. The van der Waals surface area contributed by atoms with Crippen LogP contribution in [0.1, 0.15) is 0 Å². The Labute approximate surface area is 273 Å². The van der Waals surface area contributed by atoms with Gasteiger partial charge in [0.15, 0.2) is 5.82 Å². The molecular weight excluding hydrogens is 573 g/mol. The molecule has 3 heteroatoms. The van der Waals surface area contributed by atoms with Gasteiger partial charge in [-0.05, 0) is 51.6 Å². The van der Waals surface area contributed by atoms with E-state index in [1.165, 1.54) is 27.4 Å². The summed E-state index contributed by atoms with van der Waals surface area (Å²) >= 11 is 0. The topological polar surface area (TPSA) is 25.8 Å². The molecule has 0 N–H and O–H groups in total. The molecule has 0 aliphatic heterocycles. The third-order valence-corrected chi connectivity index (χ3v) is 10.5. The smallest absolute Gasteiger partial charge is 0.160 e. The molecule has 0 saturated heterocycles. The van der Waals surface area contributed by atoms with Crippen molar-refractivity contribution in [2.75, 3.05) is 0 Å². The van der Waals surface area contributed by atoms with Crippen molar-refractivity contribution in [2.45, 2.75) is 19.6 Å². The van der Waals surface area contributed by atoms with Crippen molar-refractivity contribution in [1.82, 2.24) is 9.97 Å². The van der Waals surface area contributed by atoms with Crippen LogP contribution in [0.15, 0.2) is 164 Å². The maximum Gasteiger partial charge on any atom is 0.160 e. The molecule has 0 radical (unpaired) electrons. The van der Waals surface area contributed by atoms with Crippen LogP contribution in [0.4, 0.5) is 0 Å². The molecule has 0 aliphatic rings. The van der Waals surface area contributed by atoms with E-state index in [0.29, 0.717) is 5.82 Å². The SMILES string of the molecule is C[Si](C)(C)c1ccc(-c2ccc(-c3cccc(-c4cccc(-c5nc(-c6ccccc6)cc(-c6ccccc6)n5)c4)c3)cc2)cc1. The van der Waals surface area contributed by atoms with Gasteiger partial charge in [0, 0.05) is 16.7 Å². The number of rotatable bonds is 7. The van der Waals surface area contributed by atoms with Crippen molar-refractivity contribution in [3.05, 3.63) is 164 Å². The number of nitrogens with zero attached hydrogens (tertiary/aromatic N) is 2. The average Bonchev–Trinajstić information content (AvgIpc) is 3.12. The van der Waals surface area contributed by atoms with Crippen molar-refractivity contribution in [1.29, 1.82) is 0 Å². The number of benzene rings is 6. The summed E-state index contributed by atoms with van der Waals surface area (Å²) in [6, 6.07) is 58.1. The first-order chi connectivity index (χ1) is 22.4. The predicted octanol–water partition coefficient (Wildman–Crippen LogP) is 11.0. The van der Waals surface area contributed by atoms with E-state index >= 15 is 0 Å². The van der Waals surface area contributed by atoms with Gasteiger partial charge in [-0.25, -0.2) is 9.97 Å². The van der Waals surface area contributed by atoms with Gasteiger partial charge in [0.1, 0.15) is 0 Å². The van der Waals surface area contributed by atoms with Crippen molar-refractivity contribution in [2.24, 2.45) is 0 Å². The molecule has 0 fully saturated rings. The van der Waals surface area contributed by atoms with Crippen molar-refractivity contribution in [3.8, 4) is 67.3 Å². The zero-order valence-corrected chi connectivity index (χ0v) is 27.5. The van der Waals surface area contributed by atoms with Gasteiger partial charge >= 0.3 is 0 Å². The first-order valence-electron chi connectivity index (χ1n) is 15.8. The second kappa shape index (κ2) is 12.5. The monoisotopic (exact) mass is 608 g/mol. The summed E-state index contributed by atoms with van der Waals surface area (Å²) in [5.74, 6) is 0.715. The van der Waals surface area contributed by atoms with Crippen molar-refractivity contribution >= 4 is 13.3 Å². The van der Waals surface area contributed by atoms with Gasteiger partial charge in [0.2, 0.25) is 0 Å². The quantitative estimate of drug-likeness (QED) is 0.168. The first-order valence-corrected chi connectivity index (χ1v) is 19.3. The van der Waals surface area contributed by atoms with E-state index in [1.807, 2.05) is 36.4 Å². The Bertz CT molecular complexity index is 2040. The maximum atomic E-state index is 5.04. The summed E-state index contributed by atoms with van der Waals surface area (Å²) in [5, 5.41) is 1.49. The van der Waals surface area contributed by atoms with Crippen molar-refractivity contribution < 1.29 is 0 Å². The lowest BCUT2D eigenvalue weighted by molar-refractivity contribution is 1.18. The fourth-order valence-corrected chi connectivity index (χ4v) is 6.99. The number of hydrogen-bond acceptors (Lipinski definition) is 2. The van der Waals surface area contributed by atoms with Gasteiger partial charge in [-0.3, -0.25) is 0 Å². The first kappa shape index (κ1) is 29.3. The van der Waals surface area contributed by atoms with Gasteiger partial charge < -0.3 is 0 Å². The molecule has 1 aromatic heterocycles.